The third kappa shape index (κ3) is 4.89. The predicted octanol–water partition coefficient (Wildman–Crippen LogP) is -0.403. The summed E-state index contributed by atoms with van der Waals surface area (Å²) < 4.78 is 0. The average Bonchev–Trinajstić information content (AvgIpc) is 2.31. The van der Waals surface area contributed by atoms with Gasteiger partial charge in [-0.3, -0.25) is 0 Å². The number of carbonyl (C=O) groups is 3. The summed E-state index contributed by atoms with van der Waals surface area (Å²) in [5.74, 6) is -1.07. The summed E-state index contributed by atoms with van der Waals surface area (Å²) in [5.41, 5.74) is 3.58. The first-order chi connectivity index (χ1) is 8.38. The van der Waals surface area contributed by atoms with Gasteiger partial charge in [0.25, 0.3) is 0 Å². The van der Waals surface area contributed by atoms with Gasteiger partial charge in [0.2, 0.25) is 0 Å². The molecule has 0 heterocycles. The number of nitrogens with two attached hydrogens (primary N) is 1. The highest BCUT2D eigenvalue weighted by molar-refractivity contribution is 5.86. The lowest BCUT2D eigenvalue weighted by Gasteiger charge is -2.28. The van der Waals surface area contributed by atoms with Gasteiger partial charge in [0.15, 0.2) is 0 Å². The second-order valence-corrected chi connectivity index (χ2v) is 3.77. The molecule has 8 nitrogen and oxygen atoms in total. The second kappa shape index (κ2) is 7.36. The van der Waals surface area contributed by atoms with Crippen molar-refractivity contribution in [3.05, 3.63) is 0 Å². The van der Waals surface area contributed by atoms with Crippen molar-refractivity contribution in [2.75, 3.05) is 13.1 Å². The summed E-state index contributed by atoms with van der Waals surface area (Å²) in [5, 5.41) is 16.3. The highest BCUT2D eigenvalue weighted by Crippen LogP contribution is 2.14. The van der Waals surface area contributed by atoms with Crippen LogP contribution in [0.15, 0.2) is 0 Å². The lowest BCUT2D eigenvalue weighted by atomic mass is 9.93. The number of hydrogen-bond acceptors (Lipinski definition) is 3. The predicted molar refractivity (Wildman–Crippen MR) is 65.1 cm³/mol. The molecule has 0 spiro atoms. The molecule has 0 rings (SSSR count). The van der Waals surface area contributed by atoms with Crippen LogP contribution in [0.5, 0.6) is 0 Å². The highest BCUT2D eigenvalue weighted by atomic mass is 16.4. The number of rotatable bonds is 7. The third-order valence-corrected chi connectivity index (χ3v) is 2.68. The molecular formula is C10H20N4O4. The Kier molecular flexibility index (Phi) is 6.54. The first kappa shape index (κ1) is 16.0. The van der Waals surface area contributed by atoms with Gasteiger partial charge in [0.1, 0.15) is 5.54 Å². The molecule has 0 saturated heterocycles. The summed E-state index contributed by atoms with van der Waals surface area (Å²) in [4.78, 5) is 33.0. The van der Waals surface area contributed by atoms with Crippen LogP contribution in [0.1, 0.15) is 26.7 Å². The fourth-order valence-corrected chi connectivity index (χ4v) is 1.41. The van der Waals surface area contributed by atoms with Gasteiger partial charge < -0.3 is 26.8 Å². The van der Waals surface area contributed by atoms with Crippen LogP contribution < -0.4 is 21.7 Å². The number of amides is 4. The normalized spacial score (nSPS) is 10.6. The molecule has 0 aromatic rings. The van der Waals surface area contributed by atoms with Crippen LogP contribution in [0.3, 0.4) is 0 Å². The molecule has 0 aromatic heterocycles. The Balaban J connectivity index is 4.19. The van der Waals surface area contributed by atoms with E-state index in [0.29, 0.717) is 0 Å². The van der Waals surface area contributed by atoms with Crippen molar-refractivity contribution in [1.82, 2.24) is 16.0 Å². The fraction of sp³-hybridized carbons (Fsp3) is 0.700. The van der Waals surface area contributed by atoms with Crippen molar-refractivity contribution < 1.29 is 19.5 Å². The number of nitrogens with one attached hydrogen (secondary N) is 3. The van der Waals surface area contributed by atoms with E-state index >= 15 is 0 Å². The molecule has 4 amide bonds. The molecule has 0 aliphatic heterocycles. The van der Waals surface area contributed by atoms with Crippen molar-refractivity contribution in [1.29, 1.82) is 0 Å². The Morgan fingerprint density at radius 3 is 2.00 bits per heavy atom. The van der Waals surface area contributed by atoms with Crippen molar-refractivity contribution in [3.63, 3.8) is 0 Å². The van der Waals surface area contributed by atoms with E-state index in [9.17, 15) is 14.4 Å². The molecule has 104 valence electrons. The molecule has 0 fully saturated rings. The van der Waals surface area contributed by atoms with Gasteiger partial charge in [-0.05, 0) is 12.8 Å². The molecule has 8 heteroatoms. The molecular weight excluding hydrogens is 240 g/mol. The van der Waals surface area contributed by atoms with Crippen LogP contribution in [0.2, 0.25) is 0 Å². The van der Waals surface area contributed by atoms with Gasteiger partial charge in [0.05, 0.1) is 0 Å². The van der Waals surface area contributed by atoms with Gasteiger partial charge in [-0.25, -0.2) is 14.4 Å². The van der Waals surface area contributed by atoms with E-state index in [1.54, 1.807) is 13.8 Å². The minimum atomic E-state index is -1.26. The maximum Gasteiger partial charge on any atom is 0.329 e. The Morgan fingerprint density at radius 2 is 1.61 bits per heavy atom. The summed E-state index contributed by atoms with van der Waals surface area (Å²) in [6.07, 6.45) is 0.567. The number of carbonyl (C=O) groups excluding carboxylic acids is 2. The molecule has 0 atom stereocenters. The Morgan fingerprint density at radius 1 is 1.11 bits per heavy atom. The Hall–Kier alpha value is -1.99. The zero-order valence-corrected chi connectivity index (χ0v) is 10.6. The lowest BCUT2D eigenvalue weighted by Crippen LogP contribution is -2.57. The SMILES string of the molecule is CCC(CC)(NC(=O)NCCNC(N)=O)C(=O)O. The molecule has 0 radical (unpaired) electrons. The summed E-state index contributed by atoms with van der Waals surface area (Å²) in [7, 11) is 0. The van der Waals surface area contributed by atoms with Gasteiger partial charge in [0, 0.05) is 13.1 Å². The lowest BCUT2D eigenvalue weighted by molar-refractivity contribution is -0.144. The number of carboxylic acids is 1. The first-order valence-electron chi connectivity index (χ1n) is 5.70. The maximum atomic E-state index is 11.5. The standard InChI is InChI=1S/C10H20N4O4/c1-3-10(4-2,7(15)16)14-9(18)13-6-5-12-8(11)17/h3-6H2,1-2H3,(H,15,16)(H3,11,12,17)(H2,13,14,18). The minimum absolute atomic E-state index is 0.165. The van der Waals surface area contributed by atoms with Crippen LogP contribution in [0, 0.1) is 0 Å². The molecule has 6 N–H and O–H groups in total. The van der Waals surface area contributed by atoms with E-state index in [0.717, 1.165) is 0 Å². The molecule has 0 aliphatic rings. The highest BCUT2D eigenvalue weighted by Gasteiger charge is 2.36. The zero-order chi connectivity index (χ0) is 14.2. The number of aliphatic carboxylic acids is 1. The zero-order valence-electron chi connectivity index (χ0n) is 10.6. The van der Waals surface area contributed by atoms with Crippen LogP contribution in [0.4, 0.5) is 9.59 Å². The van der Waals surface area contributed by atoms with E-state index in [1.807, 2.05) is 0 Å². The van der Waals surface area contributed by atoms with Gasteiger partial charge in [-0.1, -0.05) is 13.8 Å². The molecule has 0 aromatic carbocycles. The van der Waals surface area contributed by atoms with Gasteiger partial charge in [-0.15, -0.1) is 0 Å². The monoisotopic (exact) mass is 260 g/mol. The quantitative estimate of drug-likeness (QED) is 0.398. The van der Waals surface area contributed by atoms with E-state index in [1.165, 1.54) is 0 Å². The number of urea groups is 2. The number of carboxylic acid groups (broad SMARTS) is 1. The molecule has 0 aliphatic carbocycles. The third-order valence-electron chi connectivity index (χ3n) is 2.68. The molecule has 0 unspecified atom stereocenters. The summed E-state index contributed by atoms with van der Waals surface area (Å²) in [6.45, 7) is 3.72. The van der Waals surface area contributed by atoms with Gasteiger partial charge >= 0.3 is 18.0 Å². The van der Waals surface area contributed by atoms with Crippen molar-refractivity contribution in [3.8, 4) is 0 Å². The molecule has 0 bridgehead atoms. The minimum Gasteiger partial charge on any atom is -0.480 e. The number of hydrogen-bond donors (Lipinski definition) is 5. The van der Waals surface area contributed by atoms with E-state index in [4.69, 9.17) is 10.8 Å². The topological polar surface area (TPSA) is 134 Å². The Labute approximate surface area is 105 Å². The smallest absolute Gasteiger partial charge is 0.329 e. The summed E-state index contributed by atoms with van der Waals surface area (Å²) >= 11 is 0. The number of primary amides is 1. The van der Waals surface area contributed by atoms with Crippen LogP contribution in [-0.2, 0) is 4.79 Å². The van der Waals surface area contributed by atoms with Crippen molar-refractivity contribution in [2.45, 2.75) is 32.2 Å². The van der Waals surface area contributed by atoms with Gasteiger partial charge in [-0.2, -0.15) is 0 Å². The average molecular weight is 260 g/mol. The molecule has 0 saturated carbocycles. The van der Waals surface area contributed by atoms with Crippen LogP contribution in [-0.4, -0.2) is 41.8 Å². The van der Waals surface area contributed by atoms with E-state index < -0.39 is 23.6 Å². The van der Waals surface area contributed by atoms with E-state index in [-0.39, 0.29) is 25.9 Å². The molecule has 18 heavy (non-hydrogen) atoms. The first-order valence-corrected chi connectivity index (χ1v) is 5.70. The fourth-order valence-electron chi connectivity index (χ4n) is 1.41. The largest absolute Gasteiger partial charge is 0.480 e. The van der Waals surface area contributed by atoms with Crippen molar-refractivity contribution in [2.24, 2.45) is 5.73 Å². The maximum absolute atomic E-state index is 11.5. The second-order valence-electron chi connectivity index (χ2n) is 3.77. The van der Waals surface area contributed by atoms with Crippen LogP contribution in [0.25, 0.3) is 0 Å². The Bertz CT molecular complexity index is 315. The van der Waals surface area contributed by atoms with Crippen molar-refractivity contribution >= 4 is 18.0 Å². The van der Waals surface area contributed by atoms with E-state index in [2.05, 4.69) is 16.0 Å². The summed E-state index contributed by atoms with van der Waals surface area (Å²) in [6, 6.07) is -1.27. The van der Waals surface area contributed by atoms with Crippen LogP contribution >= 0.6 is 0 Å².